The van der Waals surface area contributed by atoms with Gasteiger partial charge in [-0.25, -0.2) is 8.42 Å². The Balaban J connectivity index is 1.75. The van der Waals surface area contributed by atoms with E-state index < -0.39 is 16.1 Å². The lowest BCUT2D eigenvalue weighted by molar-refractivity contribution is -0.122. The summed E-state index contributed by atoms with van der Waals surface area (Å²) in [5, 5.41) is 3.05. The number of likely N-dealkylation sites (N-methyl/N-ethyl adjacent to an activating group) is 1. The first-order valence-corrected chi connectivity index (χ1v) is 11.7. The minimum atomic E-state index is -3.60. The number of carbonyl (C=O) groups is 1. The molecule has 2 heterocycles. The maximum absolute atomic E-state index is 12.8. The van der Waals surface area contributed by atoms with Gasteiger partial charge in [0, 0.05) is 18.2 Å². The van der Waals surface area contributed by atoms with Gasteiger partial charge in [-0.15, -0.1) is 0 Å². The van der Waals surface area contributed by atoms with E-state index in [1.165, 1.54) is 0 Å². The molecule has 1 aromatic rings. The summed E-state index contributed by atoms with van der Waals surface area (Å²) < 4.78 is 27.1. The molecule has 1 amide bonds. The number of aliphatic imine (C=N–C) groups is 1. The monoisotopic (exact) mass is 406 g/mol. The van der Waals surface area contributed by atoms with Gasteiger partial charge in [0.25, 0.3) is 10.0 Å². The minimum absolute atomic E-state index is 0.132. The Kier molecular flexibility index (Phi) is 6.72. The van der Waals surface area contributed by atoms with Crippen molar-refractivity contribution in [3.8, 4) is 0 Å². The van der Waals surface area contributed by atoms with Crippen molar-refractivity contribution in [2.75, 3.05) is 19.6 Å². The summed E-state index contributed by atoms with van der Waals surface area (Å²) in [4.78, 5) is 20.0. The fourth-order valence-electron chi connectivity index (χ4n) is 3.92. The molecule has 2 aliphatic heterocycles. The van der Waals surface area contributed by atoms with Crippen LogP contribution in [-0.4, -0.2) is 56.8 Å². The van der Waals surface area contributed by atoms with Gasteiger partial charge in [0.1, 0.15) is 11.9 Å². The van der Waals surface area contributed by atoms with E-state index in [0.29, 0.717) is 24.6 Å². The third kappa shape index (κ3) is 4.55. The first kappa shape index (κ1) is 20.8. The topological polar surface area (TPSA) is 90.9 Å². The first-order chi connectivity index (χ1) is 13.5. The Morgan fingerprint density at radius 2 is 2.14 bits per heavy atom. The van der Waals surface area contributed by atoms with E-state index in [4.69, 9.17) is 0 Å². The highest BCUT2D eigenvalue weighted by Gasteiger charge is 2.32. The van der Waals surface area contributed by atoms with Crippen LogP contribution in [0.15, 0.2) is 34.2 Å². The number of sulfonamides is 1. The van der Waals surface area contributed by atoms with Gasteiger partial charge in [-0.3, -0.25) is 19.4 Å². The number of benzene rings is 1. The molecule has 0 bridgehead atoms. The third-order valence-electron chi connectivity index (χ3n) is 5.50. The second-order valence-corrected chi connectivity index (χ2v) is 9.06. The fraction of sp³-hybridized carbons (Fsp3) is 0.600. The van der Waals surface area contributed by atoms with Crippen LogP contribution in [-0.2, 0) is 14.8 Å². The molecule has 0 aromatic heterocycles. The number of fused-ring (bicyclic) bond motifs is 1. The summed E-state index contributed by atoms with van der Waals surface area (Å²) in [6.07, 6.45) is 4.65. The molecule has 3 rings (SSSR count). The third-order valence-corrected chi connectivity index (χ3v) is 6.90. The van der Waals surface area contributed by atoms with Gasteiger partial charge in [0.2, 0.25) is 5.91 Å². The van der Waals surface area contributed by atoms with Crippen molar-refractivity contribution < 1.29 is 13.2 Å². The van der Waals surface area contributed by atoms with Crippen LogP contribution < -0.4 is 10.0 Å². The second-order valence-electron chi connectivity index (χ2n) is 7.41. The lowest BCUT2D eigenvalue weighted by Crippen LogP contribution is -2.43. The summed E-state index contributed by atoms with van der Waals surface area (Å²) in [5.74, 6) is 0.135. The maximum Gasteiger partial charge on any atom is 0.263 e. The van der Waals surface area contributed by atoms with Crippen LogP contribution in [0.5, 0.6) is 0 Å². The van der Waals surface area contributed by atoms with E-state index in [1.807, 2.05) is 0 Å². The molecule has 0 radical (unpaired) electrons. The first-order valence-electron chi connectivity index (χ1n) is 10.2. The Bertz CT molecular complexity index is 838. The predicted octanol–water partition coefficient (Wildman–Crippen LogP) is 1.88. The Labute approximate surface area is 167 Å². The van der Waals surface area contributed by atoms with Gasteiger partial charge >= 0.3 is 0 Å². The van der Waals surface area contributed by atoms with Crippen LogP contribution in [0.2, 0.25) is 0 Å². The number of amides is 1. The quantitative estimate of drug-likeness (QED) is 0.690. The van der Waals surface area contributed by atoms with Crippen LogP contribution in [0, 0.1) is 0 Å². The summed E-state index contributed by atoms with van der Waals surface area (Å²) in [6, 6.07) is 6.51. The molecule has 2 aliphatic rings. The van der Waals surface area contributed by atoms with Crippen LogP contribution in [0.1, 0.15) is 51.5 Å². The number of likely N-dealkylation sites (tertiary alicyclic amines) is 1. The lowest BCUT2D eigenvalue weighted by Gasteiger charge is -2.23. The molecule has 8 heteroatoms. The molecule has 0 aliphatic carbocycles. The summed E-state index contributed by atoms with van der Waals surface area (Å²) >= 11 is 0. The van der Waals surface area contributed by atoms with E-state index in [1.54, 1.807) is 24.3 Å². The molecule has 7 nitrogen and oxygen atoms in total. The number of amidine groups is 1. The SMILES string of the molecule is CCCCC(N=C1NS(=O)(=O)c2ccccc21)C(=O)NCC1CCCN1CC. The van der Waals surface area contributed by atoms with Crippen LogP contribution >= 0.6 is 0 Å². The minimum Gasteiger partial charge on any atom is -0.353 e. The lowest BCUT2D eigenvalue weighted by atomic mass is 10.1. The molecular weight excluding hydrogens is 376 g/mol. The number of hydrogen-bond donors (Lipinski definition) is 2. The number of rotatable bonds is 8. The zero-order valence-corrected chi connectivity index (χ0v) is 17.5. The molecule has 1 aromatic carbocycles. The highest BCUT2D eigenvalue weighted by molar-refractivity contribution is 7.90. The fourth-order valence-corrected chi connectivity index (χ4v) is 5.16. The molecule has 2 N–H and O–H groups in total. The van der Waals surface area contributed by atoms with E-state index in [2.05, 4.69) is 33.8 Å². The number of nitrogens with zero attached hydrogens (tertiary/aromatic N) is 2. The Morgan fingerprint density at radius 1 is 1.36 bits per heavy atom. The Hall–Kier alpha value is -1.93. The van der Waals surface area contributed by atoms with Gasteiger partial charge in [-0.05, 0) is 44.5 Å². The highest BCUT2D eigenvalue weighted by Crippen LogP contribution is 2.23. The number of nitrogens with one attached hydrogen (secondary N) is 2. The van der Waals surface area contributed by atoms with E-state index >= 15 is 0 Å². The van der Waals surface area contributed by atoms with Crippen molar-refractivity contribution >= 4 is 21.8 Å². The average molecular weight is 407 g/mol. The van der Waals surface area contributed by atoms with Crippen molar-refractivity contribution in [1.82, 2.24) is 14.9 Å². The zero-order chi connectivity index (χ0) is 20.1. The smallest absolute Gasteiger partial charge is 0.263 e. The van der Waals surface area contributed by atoms with Gasteiger partial charge in [0.15, 0.2) is 0 Å². The molecule has 2 unspecified atom stereocenters. The standard InChI is InChI=1S/C20H30N4O3S/c1-3-5-11-17(20(25)21-14-15-9-8-13-24(15)4-2)22-19-16-10-6-7-12-18(16)28(26,27)23-19/h6-7,10,12,15,17H,3-5,8-9,11,13-14H2,1-2H3,(H,21,25)(H,22,23). The van der Waals surface area contributed by atoms with Crippen molar-refractivity contribution in [3.63, 3.8) is 0 Å². The second kappa shape index (κ2) is 9.05. The van der Waals surface area contributed by atoms with Crippen LogP contribution in [0.4, 0.5) is 0 Å². The highest BCUT2D eigenvalue weighted by atomic mass is 32.2. The van der Waals surface area contributed by atoms with Gasteiger partial charge in [-0.2, -0.15) is 0 Å². The molecule has 1 fully saturated rings. The molecule has 2 atom stereocenters. The number of carbonyl (C=O) groups excluding carboxylic acids is 1. The van der Waals surface area contributed by atoms with E-state index in [0.717, 1.165) is 38.8 Å². The molecule has 28 heavy (non-hydrogen) atoms. The molecule has 0 spiro atoms. The van der Waals surface area contributed by atoms with Gasteiger partial charge < -0.3 is 5.32 Å². The zero-order valence-electron chi connectivity index (χ0n) is 16.6. The molecular formula is C20H30N4O3S. The van der Waals surface area contributed by atoms with E-state index in [-0.39, 0.29) is 16.6 Å². The average Bonchev–Trinajstić information content (AvgIpc) is 3.25. The van der Waals surface area contributed by atoms with Gasteiger partial charge in [0.05, 0.1) is 4.90 Å². The van der Waals surface area contributed by atoms with Gasteiger partial charge in [-0.1, -0.05) is 38.8 Å². The number of unbranched alkanes of at least 4 members (excludes halogenated alkanes) is 1. The normalized spacial score (nSPS) is 23.4. The number of hydrogen-bond acceptors (Lipinski definition) is 5. The molecule has 0 saturated carbocycles. The summed E-state index contributed by atoms with van der Waals surface area (Å²) in [6.45, 7) is 6.88. The van der Waals surface area contributed by atoms with Crippen molar-refractivity contribution in [1.29, 1.82) is 0 Å². The summed E-state index contributed by atoms with van der Waals surface area (Å²) in [5.41, 5.74) is 0.532. The Morgan fingerprint density at radius 3 is 2.89 bits per heavy atom. The molecule has 154 valence electrons. The maximum atomic E-state index is 12.8. The van der Waals surface area contributed by atoms with Crippen LogP contribution in [0.25, 0.3) is 0 Å². The van der Waals surface area contributed by atoms with E-state index in [9.17, 15) is 13.2 Å². The summed E-state index contributed by atoms with van der Waals surface area (Å²) in [7, 11) is -3.60. The molecule has 1 saturated heterocycles. The van der Waals surface area contributed by atoms with Crippen molar-refractivity contribution in [3.05, 3.63) is 29.8 Å². The van der Waals surface area contributed by atoms with Crippen LogP contribution in [0.3, 0.4) is 0 Å². The van der Waals surface area contributed by atoms with Crippen molar-refractivity contribution in [2.24, 2.45) is 4.99 Å². The van der Waals surface area contributed by atoms with Crippen molar-refractivity contribution in [2.45, 2.75) is 62.9 Å². The predicted molar refractivity (Wildman–Crippen MR) is 110 cm³/mol. The largest absolute Gasteiger partial charge is 0.353 e.